The van der Waals surface area contributed by atoms with E-state index in [2.05, 4.69) is 30.5 Å². The molecule has 0 atom stereocenters. The van der Waals surface area contributed by atoms with Crippen LogP contribution >= 0.6 is 0 Å². The van der Waals surface area contributed by atoms with Gasteiger partial charge in [0.25, 0.3) is 10.0 Å². The smallest absolute Gasteiger partial charge is 0.284 e. The van der Waals surface area contributed by atoms with E-state index in [4.69, 9.17) is 11.5 Å². The van der Waals surface area contributed by atoms with Gasteiger partial charge in [0.15, 0.2) is 0 Å². The van der Waals surface area contributed by atoms with Gasteiger partial charge >= 0.3 is 0 Å². The first-order valence-corrected chi connectivity index (χ1v) is 9.98. The van der Waals surface area contributed by atoms with E-state index in [-0.39, 0.29) is 16.1 Å². The Morgan fingerprint density at radius 2 is 1.74 bits per heavy atom. The van der Waals surface area contributed by atoms with Crippen molar-refractivity contribution < 1.29 is 8.42 Å². The first-order valence-electron chi connectivity index (χ1n) is 8.54. The Labute approximate surface area is 161 Å². The van der Waals surface area contributed by atoms with Crippen LogP contribution in [0.5, 0.6) is 0 Å². The van der Waals surface area contributed by atoms with Gasteiger partial charge in [0.1, 0.15) is 5.84 Å². The maximum atomic E-state index is 12.6. The second-order valence-electron chi connectivity index (χ2n) is 7.40. The second kappa shape index (κ2) is 8.26. The number of hydrogen-bond acceptors (Lipinski definition) is 4. The summed E-state index contributed by atoms with van der Waals surface area (Å²) >= 11 is 0. The highest BCUT2D eigenvalue weighted by atomic mass is 32.2. The predicted octanol–water partition coefficient (Wildman–Crippen LogP) is 3.53. The number of benzene rings is 2. The van der Waals surface area contributed by atoms with E-state index in [1.807, 2.05) is 24.3 Å². The summed E-state index contributed by atoms with van der Waals surface area (Å²) in [5, 5.41) is 3.09. The van der Waals surface area contributed by atoms with Gasteiger partial charge in [0.05, 0.1) is 4.90 Å². The number of para-hydroxylation sites is 1. The highest BCUT2D eigenvalue weighted by molar-refractivity contribution is 7.90. The van der Waals surface area contributed by atoms with Crippen molar-refractivity contribution in [3.8, 4) is 0 Å². The topological polar surface area (TPSA) is 111 Å². The van der Waals surface area contributed by atoms with Gasteiger partial charge in [-0.15, -0.1) is 4.40 Å². The number of sulfonamides is 1. The average Bonchev–Trinajstić information content (AvgIpc) is 2.55. The molecule has 0 saturated heterocycles. The minimum absolute atomic E-state index is 0.0596. The average molecular weight is 387 g/mol. The summed E-state index contributed by atoms with van der Waals surface area (Å²) in [7, 11) is -3.90. The van der Waals surface area contributed by atoms with Gasteiger partial charge in [0.2, 0.25) is 0 Å². The lowest BCUT2D eigenvalue weighted by atomic mass is 9.87. The van der Waals surface area contributed by atoms with Crippen LogP contribution in [0.1, 0.15) is 26.3 Å². The maximum absolute atomic E-state index is 12.6. The number of rotatable bonds is 5. The van der Waals surface area contributed by atoms with E-state index in [0.717, 1.165) is 17.7 Å². The number of hydrogen-bond donors (Lipinski definition) is 3. The van der Waals surface area contributed by atoms with Gasteiger partial charge in [-0.1, -0.05) is 39.0 Å². The molecule has 0 bridgehead atoms. The molecule has 2 aromatic rings. The predicted molar refractivity (Wildman–Crippen MR) is 112 cm³/mol. The molecule has 2 aromatic carbocycles. The fourth-order valence-electron chi connectivity index (χ4n) is 2.51. The first kappa shape index (κ1) is 20.5. The molecule has 7 heteroatoms. The Morgan fingerprint density at radius 1 is 1.11 bits per heavy atom. The van der Waals surface area contributed by atoms with Crippen LogP contribution in [0.4, 0.5) is 11.4 Å². The Balaban J connectivity index is 2.39. The zero-order valence-electron chi connectivity index (χ0n) is 15.8. The van der Waals surface area contributed by atoms with Crippen molar-refractivity contribution in [1.82, 2.24) is 0 Å². The third kappa shape index (κ3) is 6.14. The zero-order valence-corrected chi connectivity index (χ0v) is 16.6. The molecule has 0 aliphatic carbocycles. The van der Waals surface area contributed by atoms with Crippen LogP contribution in [0.3, 0.4) is 0 Å². The van der Waals surface area contributed by atoms with Crippen molar-refractivity contribution in [2.45, 2.75) is 32.1 Å². The third-order valence-electron chi connectivity index (χ3n) is 3.65. The normalized spacial score (nSPS) is 13.1. The standard InChI is InChI=1S/C20H26N4O2S/c1-20(2,3)14-15-6-4-5-7-18(15)23-19(12-13-21)24-27(25,26)17-10-8-16(22)9-11-17/h4-13H,14,21-22H2,1-3H3,(H,23,24)/b13-12-. The number of anilines is 2. The quantitative estimate of drug-likeness (QED) is 0.414. The van der Waals surface area contributed by atoms with Gasteiger partial charge in [-0.2, -0.15) is 8.42 Å². The minimum Gasteiger partial charge on any atom is -0.404 e. The van der Waals surface area contributed by atoms with Crippen molar-refractivity contribution in [1.29, 1.82) is 0 Å². The molecule has 0 radical (unpaired) electrons. The number of nitrogens with zero attached hydrogens (tertiary/aromatic N) is 1. The molecular formula is C20H26N4O2S. The van der Waals surface area contributed by atoms with Crippen LogP contribution < -0.4 is 16.8 Å². The van der Waals surface area contributed by atoms with Crippen LogP contribution in [-0.2, 0) is 16.4 Å². The highest BCUT2D eigenvalue weighted by Gasteiger charge is 2.16. The van der Waals surface area contributed by atoms with Crippen molar-refractivity contribution in [2.75, 3.05) is 11.1 Å². The van der Waals surface area contributed by atoms with Crippen molar-refractivity contribution in [3.63, 3.8) is 0 Å². The van der Waals surface area contributed by atoms with Gasteiger partial charge in [-0.3, -0.25) is 0 Å². The fraction of sp³-hybridized carbons (Fsp3) is 0.250. The van der Waals surface area contributed by atoms with E-state index in [0.29, 0.717) is 5.69 Å². The van der Waals surface area contributed by atoms with Crippen LogP contribution in [0.25, 0.3) is 0 Å². The molecular weight excluding hydrogens is 360 g/mol. The highest BCUT2D eigenvalue weighted by Crippen LogP contribution is 2.26. The Morgan fingerprint density at radius 3 is 2.33 bits per heavy atom. The molecule has 0 aliphatic heterocycles. The molecule has 5 N–H and O–H groups in total. The molecule has 0 spiro atoms. The number of amidine groups is 1. The van der Waals surface area contributed by atoms with Crippen molar-refractivity contribution in [3.05, 3.63) is 66.4 Å². The summed E-state index contributed by atoms with van der Waals surface area (Å²) in [5.41, 5.74) is 13.5. The van der Waals surface area contributed by atoms with E-state index < -0.39 is 10.0 Å². The van der Waals surface area contributed by atoms with Crippen LogP contribution in [-0.4, -0.2) is 14.3 Å². The molecule has 0 amide bonds. The lowest BCUT2D eigenvalue weighted by Gasteiger charge is -2.21. The second-order valence-corrected chi connectivity index (χ2v) is 9.00. The van der Waals surface area contributed by atoms with Gasteiger partial charge < -0.3 is 16.8 Å². The molecule has 0 aromatic heterocycles. The third-order valence-corrected chi connectivity index (χ3v) is 4.96. The summed E-state index contributed by atoms with van der Waals surface area (Å²) in [6.07, 6.45) is 3.49. The van der Waals surface area contributed by atoms with Crippen molar-refractivity contribution >= 4 is 27.2 Å². The van der Waals surface area contributed by atoms with Gasteiger partial charge in [-0.25, -0.2) is 0 Å². The molecule has 0 saturated carbocycles. The summed E-state index contributed by atoms with van der Waals surface area (Å²) in [6.45, 7) is 6.43. The number of nitrogens with two attached hydrogens (primary N) is 2. The molecule has 144 valence electrons. The monoisotopic (exact) mass is 386 g/mol. The van der Waals surface area contributed by atoms with E-state index in [1.54, 1.807) is 0 Å². The fourth-order valence-corrected chi connectivity index (χ4v) is 3.46. The summed E-state index contributed by atoms with van der Waals surface area (Å²) in [4.78, 5) is 0.0596. The lowest BCUT2D eigenvalue weighted by Crippen LogP contribution is -2.16. The van der Waals surface area contributed by atoms with Gasteiger partial charge in [-0.05, 0) is 60.0 Å². The van der Waals surface area contributed by atoms with Crippen LogP contribution in [0.15, 0.2) is 70.1 Å². The van der Waals surface area contributed by atoms with E-state index in [9.17, 15) is 8.42 Å². The molecule has 0 fully saturated rings. The largest absolute Gasteiger partial charge is 0.404 e. The summed E-state index contributed by atoms with van der Waals surface area (Å²) in [6, 6.07) is 13.6. The lowest BCUT2D eigenvalue weighted by molar-refractivity contribution is 0.412. The Kier molecular flexibility index (Phi) is 6.28. The van der Waals surface area contributed by atoms with E-state index in [1.165, 1.54) is 36.5 Å². The van der Waals surface area contributed by atoms with Gasteiger partial charge in [0, 0.05) is 11.4 Å². The molecule has 0 unspecified atom stereocenters. The molecule has 0 aliphatic rings. The molecule has 6 nitrogen and oxygen atoms in total. The first-order chi connectivity index (χ1) is 12.6. The summed E-state index contributed by atoms with van der Waals surface area (Å²) < 4.78 is 29.1. The summed E-state index contributed by atoms with van der Waals surface area (Å²) in [5.74, 6) is 0.135. The SMILES string of the molecule is CC(C)(C)Cc1ccccc1NC(/C=C\N)=NS(=O)(=O)c1ccc(N)cc1. The molecule has 2 rings (SSSR count). The number of nitrogens with one attached hydrogen (secondary N) is 1. The van der Waals surface area contributed by atoms with Crippen molar-refractivity contribution in [2.24, 2.45) is 15.5 Å². The minimum atomic E-state index is -3.90. The Hall–Kier alpha value is -2.80. The molecule has 27 heavy (non-hydrogen) atoms. The van der Waals surface area contributed by atoms with Crippen LogP contribution in [0.2, 0.25) is 0 Å². The van der Waals surface area contributed by atoms with E-state index >= 15 is 0 Å². The number of nitrogen functional groups attached to an aromatic ring is 1. The molecule has 0 heterocycles. The maximum Gasteiger partial charge on any atom is 0.284 e. The zero-order chi connectivity index (χ0) is 20.1. The Bertz CT molecular complexity index is 941. The van der Waals surface area contributed by atoms with Crippen LogP contribution in [0, 0.1) is 5.41 Å².